The zero-order valence-electron chi connectivity index (χ0n) is 11.9. The van der Waals surface area contributed by atoms with E-state index in [9.17, 15) is 0 Å². The highest BCUT2D eigenvalue weighted by Crippen LogP contribution is 2.37. The summed E-state index contributed by atoms with van der Waals surface area (Å²) in [6.07, 6.45) is -0.0622. The second-order valence-electron chi connectivity index (χ2n) is 4.49. The number of ether oxygens (including phenoxy) is 2. The maximum atomic E-state index is 6.16. The first-order chi connectivity index (χ1) is 10.2. The van der Waals surface area contributed by atoms with Gasteiger partial charge in [0.25, 0.3) is 0 Å². The van der Waals surface area contributed by atoms with Gasteiger partial charge in [0.05, 0.1) is 16.1 Å². The minimum atomic E-state index is -0.0622. The Morgan fingerprint density at radius 1 is 1.05 bits per heavy atom. The van der Waals surface area contributed by atoms with Crippen LogP contribution in [0, 0.1) is 0 Å². The zero-order valence-corrected chi connectivity index (χ0v) is 15.1. The first-order valence-corrected chi connectivity index (χ1v) is 8.13. The van der Waals surface area contributed by atoms with Gasteiger partial charge in [-0.05, 0) is 56.6 Å². The quantitative estimate of drug-likeness (QED) is 0.751. The van der Waals surface area contributed by atoms with Crippen molar-refractivity contribution in [3.8, 4) is 11.5 Å². The van der Waals surface area contributed by atoms with Gasteiger partial charge in [0, 0.05) is 6.54 Å². The number of likely N-dealkylation sites (N-methyl/N-ethyl adjacent to an activating group) is 1. The van der Waals surface area contributed by atoms with Crippen LogP contribution in [0.4, 0.5) is 0 Å². The monoisotopic (exact) mass is 413 g/mol. The molecule has 0 saturated heterocycles. The Kier molecular flexibility index (Phi) is 6.08. The minimum Gasteiger partial charge on any atom is -0.496 e. The van der Waals surface area contributed by atoms with E-state index in [0.29, 0.717) is 0 Å². The molecule has 0 saturated carbocycles. The molecule has 0 radical (unpaired) electrons. The molecule has 0 aliphatic rings. The van der Waals surface area contributed by atoms with Gasteiger partial charge in [-0.3, -0.25) is 0 Å². The van der Waals surface area contributed by atoms with E-state index in [0.717, 1.165) is 32.6 Å². The molecular formula is C16H17Br2NO2. The Morgan fingerprint density at radius 2 is 1.67 bits per heavy atom. The van der Waals surface area contributed by atoms with E-state index in [1.54, 1.807) is 7.11 Å². The molecule has 0 bridgehead atoms. The zero-order chi connectivity index (χ0) is 15.2. The number of hydrogen-bond acceptors (Lipinski definition) is 3. The van der Waals surface area contributed by atoms with E-state index in [2.05, 4.69) is 49.3 Å². The average molecular weight is 415 g/mol. The van der Waals surface area contributed by atoms with Crippen molar-refractivity contribution in [2.45, 2.75) is 6.10 Å². The molecule has 1 atom stereocenters. The van der Waals surface area contributed by atoms with Crippen LogP contribution in [0.5, 0.6) is 11.5 Å². The lowest BCUT2D eigenvalue weighted by Gasteiger charge is -2.21. The van der Waals surface area contributed by atoms with Gasteiger partial charge in [0.15, 0.2) is 0 Å². The van der Waals surface area contributed by atoms with E-state index in [1.807, 2.05) is 37.4 Å². The maximum absolute atomic E-state index is 6.16. The van der Waals surface area contributed by atoms with Crippen molar-refractivity contribution in [2.24, 2.45) is 0 Å². The standard InChI is InChI=1S/C16H17Br2NO2/c1-19-10-16(11-6-4-3-5-7-11)21-15-9-12(17)14(20-2)8-13(15)18/h3-9,16,19H,10H2,1-2H3. The fourth-order valence-corrected chi connectivity index (χ4v) is 2.89. The van der Waals surface area contributed by atoms with Crippen molar-refractivity contribution in [3.05, 3.63) is 57.0 Å². The number of hydrogen-bond donors (Lipinski definition) is 1. The van der Waals surface area contributed by atoms with Gasteiger partial charge in [0.2, 0.25) is 0 Å². The summed E-state index contributed by atoms with van der Waals surface area (Å²) in [6, 6.07) is 14.0. The van der Waals surface area contributed by atoms with Crippen LogP contribution in [0.2, 0.25) is 0 Å². The minimum absolute atomic E-state index is 0.0622. The van der Waals surface area contributed by atoms with Gasteiger partial charge < -0.3 is 14.8 Å². The van der Waals surface area contributed by atoms with Crippen LogP contribution in [-0.2, 0) is 0 Å². The summed E-state index contributed by atoms with van der Waals surface area (Å²) in [5, 5.41) is 3.17. The molecule has 0 heterocycles. The smallest absolute Gasteiger partial charge is 0.136 e. The Morgan fingerprint density at radius 3 is 2.29 bits per heavy atom. The van der Waals surface area contributed by atoms with Crippen LogP contribution in [0.25, 0.3) is 0 Å². The molecule has 21 heavy (non-hydrogen) atoms. The van der Waals surface area contributed by atoms with Gasteiger partial charge in [0.1, 0.15) is 17.6 Å². The number of halogens is 2. The normalized spacial score (nSPS) is 12.0. The summed E-state index contributed by atoms with van der Waals surface area (Å²) in [7, 11) is 3.55. The Labute approximate surface area is 141 Å². The maximum Gasteiger partial charge on any atom is 0.136 e. The van der Waals surface area contributed by atoms with Gasteiger partial charge >= 0.3 is 0 Å². The molecule has 2 aromatic rings. The predicted molar refractivity (Wildman–Crippen MR) is 92.1 cm³/mol. The van der Waals surface area contributed by atoms with Crippen LogP contribution < -0.4 is 14.8 Å². The largest absolute Gasteiger partial charge is 0.496 e. The van der Waals surface area contributed by atoms with E-state index in [-0.39, 0.29) is 6.10 Å². The lowest BCUT2D eigenvalue weighted by atomic mass is 10.1. The fourth-order valence-electron chi connectivity index (χ4n) is 1.99. The number of nitrogens with one attached hydrogen (secondary N) is 1. The topological polar surface area (TPSA) is 30.5 Å². The Bertz CT molecular complexity index is 590. The van der Waals surface area contributed by atoms with Crippen molar-refractivity contribution in [1.29, 1.82) is 0 Å². The number of benzene rings is 2. The van der Waals surface area contributed by atoms with Crippen LogP contribution in [-0.4, -0.2) is 20.7 Å². The van der Waals surface area contributed by atoms with Crippen LogP contribution >= 0.6 is 31.9 Å². The third kappa shape index (κ3) is 4.22. The van der Waals surface area contributed by atoms with Gasteiger partial charge in [-0.1, -0.05) is 30.3 Å². The summed E-state index contributed by atoms with van der Waals surface area (Å²) in [5.74, 6) is 1.53. The van der Waals surface area contributed by atoms with Crippen LogP contribution in [0.15, 0.2) is 51.4 Å². The van der Waals surface area contributed by atoms with E-state index < -0.39 is 0 Å². The Hall–Kier alpha value is -1.04. The van der Waals surface area contributed by atoms with E-state index >= 15 is 0 Å². The van der Waals surface area contributed by atoms with Gasteiger partial charge in [-0.25, -0.2) is 0 Å². The van der Waals surface area contributed by atoms with Crippen molar-refractivity contribution < 1.29 is 9.47 Å². The highest BCUT2D eigenvalue weighted by atomic mass is 79.9. The van der Waals surface area contributed by atoms with Crippen LogP contribution in [0.1, 0.15) is 11.7 Å². The van der Waals surface area contributed by atoms with E-state index in [4.69, 9.17) is 9.47 Å². The molecule has 1 unspecified atom stereocenters. The first-order valence-electron chi connectivity index (χ1n) is 6.55. The third-order valence-electron chi connectivity index (χ3n) is 3.04. The molecule has 0 spiro atoms. The second-order valence-corrected chi connectivity index (χ2v) is 6.20. The predicted octanol–water partition coefficient (Wildman–Crippen LogP) is 4.56. The van der Waals surface area contributed by atoms with Crippen molar-refractivity contribution in [3.63, 3.8) is 0 Å². The van der Waals surface area contributed by atoms with Crippen molar-refractivity contribution in [2.75, 3.05) is 20.7 Å². The fraction of sp³-hybridized carbons (Fsp3) is 0.250. The average Bonchev–Trinajstić information content (AvgIpc) is 2.50. The SMILES string of the molecule is CNCC(Oc1cc(Br)c(OC)cc1Br)c1ccccc1. The molecule has 5 heteroatoms. The molecule has 2 rings (SSSR count). The summed E-state index contributed by atoms with van der Waals surface area (Å²) in [4.78, 5) is 0. The molecule has 0 aliphatic carbocycles. The molecule has 112 valence electrons. The summed E-state index contributed by atoms with van der Waals surface area (Å²) in [6.45, 7) is 0.722. The number of rotatable bonds is 6. The molecule has 2 aromatic carbocycles. The third-order valence-corrected chi connectivity index (χ3v) is 4.28. The molecule has 0 aromatic heterocycles. The first kappa shape index (κ1) is 16.3. The molecule has 0 fully saturated rings. The van der Waals surface area contributed by atoms with E-state index in [1.165, 1.54) is 0 Å². The lowest BCUT2D eigenvalue weighted by Crippen LogP contribution is -2.22. The van der Waals surface area contributed by atoms with Crippen molar-refractivity contribution >= 4 is 31.9 Å². The van der Waals surface area contributed by atoms with Crippen molar-refractivity contribution in [1.82, 2.24) is 5.32 Å². The molecule has 3 nitrogen and oxygen atoms in total. The second kappa shape index (κ2) is 7.82. The summed E-state index contributed by atoms with van der Waals surface area (Å²) < 4.78 is 13.2. The highest BCUT2D eigenvalue weighted by Gasteiger charge is 2.15. The highest BCUT2D eigenvalue weighted by molar-refractivity contribution is 9.11. The summed E-state index contributed by atoms with van der Waals surface area (Å²) in [5.41, 5.74) is 1.13. The van der Waals surface area contributed by atoms with Gasteiger partial charge in [-0.15, -0.1) is 0 Å². The molecule has 0 amide bonds. The molecular weight excluding hydrogens is 398 g/mol. The molecule has 0 aliphatic heterocycles. The van der Waals surface area contributed by atoms with Crippen LogP contribution in [0.3, 0.4) is 0 Å². The number of methoxy groups -OCH3 is 1. The summed E-state index contributed by atoms with van der Waals surface area (Å²) >= 11 is 7.01. The lowest BCUT2D eigenvalue weighted by molar-refractivity contribution is 0.203. The Balaban J connectivity index is 2.27. The van der Waals surface area contributed by atoms with Gasteiger partial charge in [-0.2, -0.15) is 0 Å². The molecule has 1 N–H and O–H groups in total.